The van der Waals surface area contributed by atoms with E-state index < -0.39 is 0 Å². The van der Waals surface area contributed by atoms with Crippen LogP contribution >= 0.6 is 12.6 Å². The normalized spacial score (nSPS) is 31.1. The van der Waals surface area contributed by atoms with Gasteiger partial charge in [0.1, 0.15) is 0 Å². The van der Waals surface area contributed by atoms with Gasteiger partial charge in [-0.1, -0.05) is 51.1 Å². The smallest absolute Gasteiger partial charge is 0.0384 e. The molecule has 0 bridgehead atoms. The predicted molar refractivity (Wildman–Crippen MR) is 69.3 cm³/mol. The van der Waals surface area contributed by atoms with Crippen LogP contribution in [0.1, 0.15) is 39.2 Å². The lowest BCUT2D eigenvalue weighted by Crippen LogP contribution is -2.42. The molecule has 1 aliphatic rings. The quantitative estimate of drug-likeness (QED) is 0.671. The first-order valence-corrected chi connectivity index (χ1v) is 6.14. The summed E-state index contributed by atoms with van der Waals surface area (Å²) in [5.74, 6) is 0.815. The Morgan fingerprint density at radius 1 is 1.13 bits per heavy atom. The van der Waals surface area contributed by atoms with Crippen LogP contribution in [0.3, 0.4) is 0 Å². The maximum absolute atomic E-state index is 4.85. The molecular formula is C14H20S. The molecule has 1 aliphatic carbocycles. The summed E-state index contributed by atoms with van der Waals surface area (Å²) < 4.78 is 0.138. The van der Waals surface area contributed by atoms with Crippen LogP contribution in [-0.2, 0) is 4.75 Å². The predicted octanol–water partition coefficient (Wildman–Crippen LogP) is 4.27. The average molecular weight is 220 g/mol. The molecule has 1 aromatic carbocycles. The number of thiol groups is 1. The van der Waals surface area contributed by atoms with E-state index in [0.29, 0.717) is 5.41 Å². The fraction of sp³-hybridized carbons (Fsp3) is 0.571. The van der Waals surface area contributed by atoms with Crippen molar-refractivity contribution in [3.8, 4) is 0 Å². The fourth-order valence-electron chi connectivity index (χ4n) is 2.35. The molecule has 1 heteroatoms. The second kappa shape index (κ2) is 3.55. The summed E-state index contributed by atoms with van der Waals surface area (Å²) in [6.07, 6.45) is 2.42. The van der Waals surface area contributed by atoms with Crippen LogP contribution in [0.25, 0.3) is 0 Å². The SMILES string of the molecule is CC(C)(C)C1CC(S)(c2ccccc2)C1. The second-order valence-corrected chi connectivity index (χ2v) is 6.72. The Bertz CT molecular complexity index is 328. The molecule has 0 radical (unpaired) electrons. The third-order valence-electron chi connectivity index (χ3n) is 3.70. The van der Waals surface area contributed by atoms with Gasteiger partial charge in [0.15, 0.2) is 0 Å². The molecule has 1 saturated carbocycles. The number of rotatable bonds is 1. The van der Waals surface area contributed by atoms with Crippen LogP contribution in [0.2, 0.25) is 0 Å². The zero-order chi connectivity index (χ0) is 11.1. The zero-order valence-electron chi connectivity index (χ0n) is 9.83. The van der Waals surface area contributed by atoms with E-state index in [1.807, 2.05) is 0 Å². The Labute approximate surface area is 98.5 Å². The highest BCUT2D eigenvalue weighted by atomic mass is 32.1. The van der Waals surface area contributed by atoms with E-state index in [2.05, 4.69) is 51.1 Å². The Balaban J connectivity index is 2.09. The summed E-state index contributed by atoms with van der Waals surface area (Å²) in [6, 6.07) is 10.7. The third-order valence-corrected chi connectivity index (χ3v) is 4.33. The Hall–Kier alpha value is -0.430. The van der Waals surface area contributed by atoms with E-state index >= 15 is 0 Å². The van der Waals surface area contributed by atoms with E-state index in [1.54, 1.807) is 0 Å². The van der Waals surface area contributed by atoms with Crippen LogP contribution in [0, 0.1) is 11.3 Å². The van der Waals surface area contributed by atoms with Gasteiger partial charge in [0.05, 0.1) is 0 Å². The van der Waals surface area contributed by atoms with Crippen molar-refractivity contribution < 1.29 is 0 Å². The van der Waals surface area contributed by atoms with Gasteiger partial charge in [-0.15, -0.1) is 0 Å². The molecule has 0 atom stereocenters. The molecule has 0 aliphatic heterocycles. The van der Waals surface area contributed by atoms with Crippen LogP contribution in [0.4, 0.5) is 0 Å². The Morgan fingerprint density at radius 3 is 2.13 bits per heavy atom. The highest BCUT2D eigenvalue weighted by Gasteiger charge is 2.46. The van der Waals surface area contributed by atoms with Gasteiger partial charge in [0.2, 0.25) is 0 Å². The van der Waals surface area contributed by atoms with Crippen molar-refractivity contribution in [2.45, 2.75) is 38.4 Å². The molecule has 0 aromatic heterocycles. The van der Waals surface area contributed by atoms with Crippen LogP contribution < -0.4 is 0 Å². The summed E-state index contributed by atoms with van der Waals surface area (Å²) in [4.78, 5) is 0. The third kappa shape index (κ3) is 2.08. The molecule has 1 aromatic rings. The molecule has 0 amide bonds. The lowest BCUT2D eigenvalue weighted by Gasteiger charge is -2.50. The molecule has 0 unspecified atom stereocenters. The van der Waals surface area contributed by atoms with Gasteiger partial charge in [-0.05, 0) is 29.7 Å². The van der Waals surface area contributed by atoms with Gasteiger partial charge in [-0.25, -0.2) is 0 Å². The summed E-state index contributed by atoms with van der Waals surface area (Å²) in [5, 5.41) is 0. The highest BCUT2D eigenvalue weighted by Crippen LogP contribution is 2.56. The van der Waals surface area contributed by atoms with Crippen molar-refractivity contribution in [2.75, 3.05) is 0 Å². The molecule has 0 nitrogen and oxygen atoms in total. The lowest BCUT2D eigenvalue weighted by molar-refractivity contribution is 0.0984. The van der Waals surface area contributed by atoms with E-state index in [-0.39, 0.29) is 4.75 Å². The first kappa shape index (κ1) is 11.1. The summed E-state index contributed by atoms with van der Waals surface area (Å²) in [7, 11) is 0. The minimum absolute atomic E-state index is 0.138. The van der Waals surface area contributed by atoms with Crippen molar-refractivity contribution in [3.63, 3.8) is 0 Å². The van der Waals surface area contributed by atoms with Crippen LogP contribution in [0.5, 0.6) is 0 Å². The maximum atomic E-state index is 4.85. The Morgan fingerprint density at radius 2 is 1.67 bits per heavy atom. The molecule has 1 fully saturated rings. The van der Waals surface area contributed by atoms with Crippen molar-refractivity contribution in [1.82, 2.24) is 0 Å². The molecule has 15 heavy (non-hydrogen) atoms. The van der Waals surface area contributed by atoms with Crippen LogP contribution in [0.15, 0.2) is 30.3 Å². The van der Waals surface area contributed by atoms with Crippen molar-refractivity contribution in [2.24, 2.45) is 11.3 Å². The first-order valence-electron chi connectivity index (χ1n) is 5.70. The number of hydrogen-bond acceptors (Lipinski definition) is 1. The topological polar surface area (TPSA) is 0 Å². The first-order chi connectivity index (χ1) is 6.92. The number of benzene rings is 1. The molecular weight excluding hydrogens is 200 g/mol. The monoisotopic (exact) mass is 220 g/mol. The largest absolute Gasteiger partial charge is 0.168 e. The highest BCUT2D eigenvalue weighted by molar-refractivity contribution is 7.81. The molecule has 0 N–H and O–H groups in total. The minimum Gasteiger partial charge on any atom is -0.168 e. The summed E-state index contributed by atoms with van der Waals surface area (Å²) in [6.45, 7) is 6.99. The van der Waals surface area contributed by atoms with E-state index in [0.717, 1.165) is 5.92 Å². The van der Waals surface area contributed by atoms with Crippen molar-refractivity contribution in [1.29, 1.82) is 0 Å². The molecule has 0 saturated heterocycles. The lowest BCUT2D eigenvalue weighted by atomic mass is 9.60. The van der Waals surface area contributed by atoms with Gasteiger partial charge in [-0.2, -0.15) is 12.6 Å². The summed E-state index contributed by atoms with van der Waals surface area (Å²) in [5.41, 5.74) is 1.81. The van der Waals surface area contributed by atoms with Gasteiger partial charge in [0, 0.05) is 4.75 Å². The molecule has 2 rings (SSSR count). The van der Waals surface area contributed by atoms with E-state index in [4.69, 9.17) is 12.6 Å². The van der Waals surface area contributed by atoms with E-state index in [1.165, 1.54) is 18.4 Å². The van der Waals surface area contributed by atoms with Gasteiger partial charge in [0.25, 0.3) is 0 Å². The standard InChI is InChI=1S/C14H20S/c1-13(2,3)12-9-14(15,10-12)11-7-5-4-6-8-11/h4-8,12,15H,9-10H2,1-3H3. The fourth-order valence-corrected chi connectivity index (χ4v) is 2.94. The number of hydrogen-bond donors (Lipinski definition) is 1. The molecule has 82 valence electrons. The Kier molecular flexibility index (Phi) is 2.62. The van der Waals surface area contributed by atoms with E-state index in [9.17, 15) is 0 Å². The zero-order valence-corrected chi connectivity index (χ0v) is 10.7. The van der Waals surface area contributed by atoms with Gasteiger partial charge in [-0.3, -0.25) is 0 Å². The van der Waals surface area contributed by atoms with Crippen molar-refractivity contribution >= 4 is 12.6 Å². The van der Waals surface area contributed by atoms with Crippen molar-refractivity contribution in [3.05, 3.63) is 35.9 Å². The van der Waals surface area contributed by atoms with Crippen LogP contribution in [-0.4, -0.2) is 0 Å². The average Bonchev–Trinajstić information content (AvgIpc) is 2.13. The molecule has 0 spiro atoms. The minimum atomic E-state index is 0.138. The van der Waals surface area contributed by atoms with Gasteiger partial charge >= 0.3 is 0 Å². The van der Waals surface area contributed by atoms with Gasteiger partial charge < -0.3 is 0 Å². The summed E-state index contributed by atoms with van der Waals surface area (Å²) >= 11 is 4.85. The molecule has 0 heterocycles. The maximum Gasteiger partial charge on any atom is 0.0384 e. The second-order valence-electron chi connectivity index (χ2n) is 5.87.